The lowest BCUT2D eigenvalue weighted by Crippen LogP contribution is -2.38. The van der Waals surface area contributed by atoms with E-state index in [1.165, 1.54) is 7.11 Å². The molecule has 0 fully saturated rings. The quantitative estimate of drug-likeness (QED) is 0.782. The summed E-state index contributed by atoms with van der Waals surface area (Å²) in [6.45, 7) is 1.50. The van der Waals surface area contributed by atoms with Crippen molar-refractivity contribution in [3.63, 3.8) is 0 Å². The largest absolute Gasteiger partial charge is 0.468 e. The van der Waals surface area contributed by atoms with Gasteiger partial charge < -0.3 is 4.74 Å². The van der Waals surface area contributed by atoms with E-state index in [9.17, 15) is 4.79 Å². The van der Waals surface area contributed by atoms with Gasteiger partial charge in [-0.05, 0) is 15.9 Å². The number of carbonyl (C=O) groups is 1. The minimum atomic E-state index is -0.411. The van der Waals surface area contributed by atoms with Gasteiger partial charge in [0.15, 0.2) is 0 Å². The van der Waals surface area contributed by atoms with Crippen LogP contribution in [0.25, 0.3) is 0 Å². The zero-order chi connectivity index (χ0) is 10.1. The minimum Gasteiger partial charge on any atom is -0.468 e. The predicted molar refractivity (Wildman–Crippen MR) is 59.9 cm³/mol. The monoisotopic (exact) mass is 295 g/mol. The smallest absolute Gasteiger partial charge is 0.329 e. The third-order valence-corrected chi connectivity index (χ3v) is 2.83. The molecule has 7 heteroatoms. The molecule has 1 atom stereocenters. The van der Waals surface area contributed by atoms with Crippen LogP contribution in [0.2, 0.25) is 0 Å². The SMILES string of the molecule is COC(=O)C1NCCn2ncc(Br)c21.Cl. The fourth-order valence-corrected chi connectivity index (χ4v) is 2.09. The predicted octanol–water partition coefficient (Wildman–Crippen LogP) is 0.885. The molecule has 0 aromatic carbocycles. The zero-order valence-electron chi connectivity index (χ0n) is 8.07. The molecule has 15 heavy (non-hydrogen) atoms. The molecular weight excluding hydrogens is 285 g/mol. The first-order valence-corrected chi connectivity index (χ1v) is 5.05. The van der Waals surface area contributed by atoms with Crippen LogP contribution < -0.4 is 5.32 Å². The lowest BCUT2D eigenvalue weighted by atomic mass is 10.2. The van der Waals surface area contributed by atoms with Crippen molar-refractivity contribution in [3.8, 4) is 0 Å². The van der Waals surface area contributed by atoms with Crippen LogP contribution in [0.1, 0.15) is 11.7 Å². The molecule has 0 saturated carbocycles. The molecule has 0 radical (unpaired) electrons. The summed E-state index contributed by atoms with van der Waals surface area (Å²) in [5.41, 5.74) is 0.836. The Morgan fingerprint density at radius 2 is 2.53 bits per heavy atom. The Labute approximate surface area is 102 Å². The average molecular weight is 297 g/mol. The van der Waals surface area contributed by atoms with Gasteiger partial charge in [-0.3, -0.25) is 10.00 Å². The van der Waals surface area contributed by atoms with E-state index in [1.54, 1.807) is 6.20 Å². The number of fused-ring (bicyclic) bond motifs is 1. The summed E-state index contributed by atoms with van der Waals surface area (Å²) in [5.74, 6) is -0.285. The van der Waals surface area contributed by atoms with Crippen molar-refractivity contribution < 1.29 is 9.53 Å². The highest BCUT2D eigenvalue weighted by molar-refractivity contribution is 9.10. The molecule has 1 N–H and O–H groups in total. The maximum atomic E-state index is 11.4. The zero-order valence-corrected chi connectivity index (χ0v) is 10.5. The number of rotatable bonds is 1. The third-order valence-electron chi connectivity index (χ3n) is 2.22. The van der Waals surface area contributed by atoms with Gasteiger partial charge in [-0.1, -0.05) is 0 Å². The van der Waals surface area contributed by atoms with Crippen LogP contribution in [0.3, 0.4) is 0 Å². The van der Waals surface area contributed by atoms with Crippen LogP contribution in [-0.4, -0.2) is 29.4 Å². The molecule has 0 aliphatic carbocycles. The highest BCUT2D eigenvalue weighted by Gasteiger charge is 2.30. The van der Waals surface area contributed by atoms with Crippen molar-refractivity contribution in [1.29, 1.82) is 0 Å². The average Bonchev–Trinajstić information content (AvgIpc) is 2.59. The summed E-state index contributed by atoms with van der Waals surface area (Å²) in [4.78, 5) is 11.4. The number of nitrogens with one attached hydrogen (secondary N) is 1. The number of hydrogen-bond acceptors (Lipinski definition) is 4. The van der Waals surface area contributed by atoms with E-state index in [1.807, 2.05) is 4.68 Å². The molecule has 1 unspecified atom stereocenters. The summed E-state index contributed by atoms with van der Waals surface area (Å²) in [7, 11) is 1.38. The number of halogens is 2. The van der Waals surface area contributed by atoms with Gasteiger partial charge in [-0.25, -0.2) is 4.79 Å². The fraction of sp³-hybridized carbons (Fsp3) is 0.500. The number of hydrogen-bond donors (Lipinski definition) is 1. The standard InChI is InChI=1S/C8H10BrN3O2.ClH/c1-14-8(13)6-7-5(9)4-11-12(7)3-2-10-6;/h4,6,10H,2-3H2,1H3;1H. The summed E-state index contributed by atoms with van der Waals surface area (Å²) in [6.07, 6.45) is 1.69. The molecule has 1 aromatic rings. The van der Waals surface area contributed by atoms with Crippen molar-refractivity contribution in [2.75, 3.05) is 13.7 Å². The van der Waals surface area contributed by atoms with E-state index >= 15 is 0 Å². The second kappa shape index (κ2) is 4.96. The van der Waals surface area contributed by atoms with Gasteiger partial charge >= 0.3 is 5.97 Å². The Bertz CT molecular complexity index is 369. The van der Waals surface area contributed by atoms with Crippen molar-refractivity contribution in [3.05, 3.63) is 16.4 Å². The van der Waals surface area contributed by atoms with E-state index < -0.39 is 6.04 Å². The third kappa shape index (κ3) is 2.16. The molecule has 84 valence electrons. The Morgan fingerprint density at radius 3 is 3.20 bits per heavy atom. The number of carbonyl (C=O) groups excluding carboxylic acids is 1. The van der Waals surface area contributed by atoms with Gasteiger partial charge in [-0.15, -0.1) is 12.4 Å². The van der Waals surface area contributed by atoms with Crippen molar-refractivity contribution in [2.24, 2.45) is 0 Å². The first-order valence-electron chi connectivity index (χ1n) is 4.26. The molecule has 5 nitrogen and oxygen atoms in total. The van der Waals surface area contributed by atoms with Gasteiger partial charge in [0, 0.05) is 6.54 Å². The van der Waals surface area contributed by atoms with Crippen molar-refractivity contribution in [1.82, 2.24) is 15.1 Å². The van der Waals surface area contributed by atoms with E-state index in [-0.39, 0.29) is 18.4 Å². The normalized spacial score (nSPS) is 18.9. The highest BCUT2D eigenvalue weighted by atomic mass is 79.9. The van der Waals surface area contributed by atoms with E-state index in [2.05, 4.69) is 26.3 Å². The van der Waals surface area contributed by atoms with Gasteiger partial charge in [-0.2, -0.15) is 5.10 Å². The number of esters is 1. The van der Waals surface area contributed by atoms with Crippen LogP contribution in [-0.2, 0) is 16.1 Å². The summed E-state index contributed by atoms with van der Waals surface area (Å²) in [6, 6.07) is -0.411. The summed E-state index contributed by atoms with van der Waals surface area (Å²) in [5, 5.41) is 7.23. The molecule has 2 rings (SSSR count). The van der Waals surface area contributed by atoms with Crippen LogP contribution in [0, 0.1) is 0 Å². The van der Waals surface area contributed by atoms with Crippen LogP contribution in [0.5, 0.6) is 0 Å². The second-order valence-corrected chi connectivity index (χ2v) is 3.87. The van der Waals surface area contributed by atoms with Crippen molar-refractivity contribution >= 4 is 34.3 Å². The van der Waals surface area contributed by atoms with Gasteiger partial charge in [0.2, 0.25) is 0 Å². The first kappa shape index (κ1) is 12.5. The van der Waals surface area contributed by atoms with Crippen LogP contribution >= 0.6 is 28.3 Å². The molecule has 0 bridgehead atoms. The molecule has 2 heterocycles. The minimum absolute atomic E-state index is 0. The molecule has 1 aromatic heterocycles. The Balaban J connectivity index is 0.00000112. The van der Waals surface area contributed by atoms with Crippen molar-refractivity contribution in [2.45, 2.75) is 12.6 Å². The van der Waals surface area contributed by atoms with E-state index in [4.69, 9.17) is 4.74 Å². The Kier molecular flexibility index (Phi) is 4.12. The highest BCUT2D eigenvalue weighted by Crippen LogP contribution is 2.26. The molecule has 0 amide bonds. The van der Waals surface area contributed by atoms with Gasteiger partial charge in [0.05, 0.1) is 30.0 Å². The first-order chi connectivity index (χ1) is 6.74. The number of ether oxygens (including phenoxy) is 1. The Morgan fingerprint density at radius 1 is 1.80 bits per heavy atom. The lowest BCUT2D eigenvalue weighted by molar-refractivity contribution is -0.143. The van der Waals surface area contributed by atoms with Gasteiger partial charge in [0.1, 0.15) is 6.04 Å². The van der Waals surface area contributed by atoms with Gasteiger partial charge in [0.25, 0.3) is 0 Å². The molecule has 0 spiro atoms. The van der Waals surface area contributed by atoms with E-state index in [0.29, 0.717) is 0 Å². The fourth-order valence-electron chi connectivity index (χ4n) is 1.56. The maximum Gasteiger partial charge on any atom is 0.329 e. The van der Waals surface area contributed by atoms with E-state index in [0.717, 1.165) is 23.3 Å². The molecule has 0 saturated heterocycles. The number of aromatic nitrogens is 2. The topological polar surface area (TPSA) is 56.1 Å². The van der Waals surface area contributed by atoms with Crippen LogP contribution in [0.15, 0.2) is 10.7 Å². The second-order valence-electron chi connectivity index (χ2n) is 3.01. The number of methoxy groups -OCH3 is 1. The summed E-state index contributed by atoms with van der Waals surface area (Å²) >= 11 is 3.36. The molecule has 1 aliphatic heterocycles. The molecular formula is C8H11BrClN3O2. The maximum absolute atomic E-state index is 11.4. The van der Waals surface area contributed by atoms with Crippen LogP contribution in [0.4, 0.5) is 0 Å². The summed E-state index contributed by atoms with van der Waals surface area (Å²) < 4.78 is 7.35. The number of nitrogens with zero attached hydrogens (tertiary/aromatic N) is 2. The Hall–Kier alpha value is -0.590. The lowest BCUT2D eigenvalue weighted by Gasteiger charge is -2.23. The molecule has 1 aliphatic rings.